The van der Waals surface area contributed by atoms with E-state index in [1.165, 1.54) is 11.3 Å². The summed E-state index contributed by atoms with van der Waals surface area (Å²) in [6, 6.07) is 8.38. The Labute approximate surface area is 98.2 Å². The van der Waals surface area contributed by atoms with E-state index in [-0.39, 0.29) is 0 Å². The van der Waals surface area contributed by atoms with Crippen molar-refractivity contribution in [1.82, 2.24) is 0 Å². The van der Waals surface area contributed by atoms with Crippen molar-refractivity contribution in [3.63, 3.8) is 0 Å². The van der Waals surface area contributed by atoms with Crippen LogP contribution in [0.2, 0.25) is 0 Å². The number of hydrogen-bond acceptors (Lipinski definition) is 3. The molecule has 0 atom stereocenters. The first kappa shape index (κ1) is 13.0. The number of nitrogens with zero attached hydrogens (tertiary/aromatic N) is 1. The summed E-state index contributed by atoms with van der Waals surface area (Å²) in [7, 11) is 0. The van der Waals surface area contributed by atoms with Crippen molar-refractivity contribution in [3.8, 4) is 0 Å². The molecule has 0 aromatic heterocycles. The third kappa shape index (κ3) is 3.83. The Bertz CT molecular complexity index is 302. The summed E-state index contributed by atoms with van der Waals surface area (Å²) >= 11 is 0. The molecule has 0 amide bonds. The van der Waals surface area contributed by atoms with Gasteiger partial charge in [0.2, 0.25) is 0 Å². The van der Waals surface area contributed by atoms with Crippen LogP contribution >= 0.6 is 0 Å². The highest BCUT2D eigenvalue weighted by atomic mass is 16.5. The SMILES string of the molecule is CCOCCN(CC)c1cccc(CN)c1. The average Bonchev–Trinajstić information content (AvgIpc) is 2.35. The van der Waals surface area contributed by atoms with Gasteiger partial charge < -0.3 is 15.4 Å². The third-order valence-electron chi connectivity index (χ3n) is 2.60. The first-order valence-electron chi connectivity index (χ1n) is 5.93. The molecular formula is C13H22N2O. The van der Waals surface area contributed by atoms with E-state index in [1.54, 1.807) is 0 Å². The van der Waals surface area contributed by atoms with E-state index in [0.29, 0.717) is 6.54 Å². The first-order chi connectivity index (χ1) is 7.81. The molecule has 0 bridgehead atoms. The largest absolute Gasteiger partial charge is 0.380 e. The lowest BCUT2D eigenvalue weighted by molar-refractivity contribution is 0.154. The maximum absolute atomic E-state index is 5.64. The standard InChI is InChI=1S/C13H22N2O/c1-3-15(8-9-16-4-2)13-7-5-6-12(10-13)11-14/h5-7,10H,3-4,8-9,11,14H2,1-2H3. The van der Waals surface area contributed by atoms with Gasteiger partial charge in [-0.05, 0) is 31.5 Å². The summed E-state index contributed by atoms with van der Waals surface area (Å²) in [6.07, 6.45) is 0. The summed E-state index contributed by atoms with van der Waals surface area (Å²) < 4.78 is 5.38. The highest BCUT2D eigenvalue weighted by molar-refractivity contribution is 5.48. The zero-order valence-electron chi connectivity index (χ0n) is 10.3. The van der Waals surface area contributed by atoms with Gasteiger partial charge in [0.25, 0.3) is 0 Å². The van der Waals surface area contributed by atoms with Crippen molar-refractivity contribution in [2.24, 2.45) is 5.73 Å². The quantitative estimate of drug-likeness (QED) is 0.717. The van der Waals surface area contributed by atoms with Gasteiger partial charge in [-0.25, -0.2) is 0 Å². The number of hydrogen-bond donors (Lipinski definition) is 1. The summed E-state index contributed by atoms with van der Waals surface area (Å²) in [5.41, 5.74) is 8.04. The van der Waals surface area contributed by atoms with Crippen molar-refractivity contribution >= 4 is 5.69 Å². The number of anilines is 1. The lowest BCUT2D eigenvalue weighted by Crippen LogP contribution is -2.27. The minimum absolute atomic E-state index is 0.594. The smallest absolute Gasteiger partial charge is 0.0641 e. The van der Waals surface area contributed by atoms with Crippen LogP contribution < -0.4 is 10.6 Å². The molecule has 3 heteroatoms. The zero-order valence-corrected chi connectivity index (χ0v) is 10.3. The van der Waals surface area contributed by atoms with Crippen LogP contribution in [0.4, 0.5) is 5.69 Å². The lowest BCUT2D eigenvalue weighted by atomic mass is 10.2. The molecule has 0 spiro atoms. The monoisotopic (exact) mass is 222 g/mol. The molecule has 0 heterocycles. The molecule has 0 aliphatic heterocycles. The molecule has 0 saturated carbocycles. The van der Waals surface area contributed by atoms with Crippen LogP contribution in [0, 0.1) is 0 Å². The molecule has 0 saturated heterocycles. The van der Waals surface area contributed by atoms with Gasteiger partial charge in [0.1, 0.15) is 0 Å². The number of ether oxygens (including phenoxy) is 1. The van der Waals surface area contributed by atoms with Gasteiger partial charge in [-0.2, -0.15) is 0 Å². The summed E-state index contributed by atoms with van der Waals surface area (Å²) in [6.45, 7) is 8.24. The van der Waals surface area contributed by atoms with Crippen LogP contribution in [0.1, 0.15) is 19.4 Å². The van der Waals surface area contributed by atoms with Gasteiger partial charge in [0, 0.05) is 31.9 Å². The van der Waals surface area contributed by atoms with Crippen LogP contribution in [-0.2, 0) is 11.3 Å². The second-order valence-electron chi connectivity index (χ2n) is 3.65. The van der Waals surface area contributed by atoms with E-state index in [1.807, 2.05) is 6.92 Å². The molecule has 0 radical (unpaired) electrons. The Balaban J connectivity index is 2.62. The Morgan fingerprint density at radius 3 is 2.75 bits per heavy atom. The van der Waals surface area contributed by atoms with Gasteiger partial charge in [-0.1, -0.05) is 12.1 Å². The van der Waals surface area contributed by atoms with E-state index < -0.39 is 0 Å². The van der Waals surface area contributed by atoms with E-state index in [9.17, 15) is 0 Å². The summed E-state index contributed by atoms with van der Waals surface area (Å²) in [5.74, 6) is 0. The minimum atomic E-state index is 0.594. The highest BCUT2D eigenvalue weighted by Crippen LogP contribution is 2.15. The second kappa shape index (κ2) is 7.25. The maximum atomic E-state index is 5.64. The van der Waals surface area contributed by atoms with Gasteiger partial charge in [0.05, 0.1) is 6.61 Å². The van der Waals surface area contributed by atoms with Gasteiger partial charge in [-0.15, -0.1) is 0 Å². The van der Waals surface area contributed by atoms with Crippen molar-refractivity contribution < 1.29 is 4.74 Å². The fourth-order valence-electron chi connectivity index (χ4n) is 1.67. The lowest BCUT2D eigenvalue weighted by Gasteiger charge is -2.23. The molecule has 0 fully saturated rings. The van der Waals surface area contributed by atoms with E-state index in [2.05, 4.69) is 36.1 Å². The fraction of sp³-hybridized carbons (Fsp3) is 0.538. The van der Waals surface area contributed by atoms with E-state index in [0.717, 1.165) is 26.3 Å². The van der Waals surface area contributed by atoms with E-state index in [4.69, 9.17) is 10.5 Å². The van der Waals surface area contributed by atoms with Gasteiger partial charge >= 0.3 is 0 Å². The maximum Gasteiger partial charge on any atom is 0.0641 e. The topological polar surface area (TPSA) is 38.5 Å². The average molecular weight is 222 g/mol. The van der Waals surface area contributed by atoms with E-state index >= 15 is 0 Å². The zero-order chi connectivity index (χ0) is 11.8. The van der Waals surface area contributed by atoms with Crippen LogP contribution in [0.25, 0.3) is 0 Å². The number of likely N-dealkylation sites (N-methyl/N-ethyl adjacent to an activating group) is 1. The molecule has 0 aliphatic rings. The van der Waals surface area contributed by atoms with Crippen molar-refractivity contribution in [1.29, 1.82) is 0 Å². The molecule has 90 valence electrons. The molecule has 1 aromatic rings. The third-order valence-corrected chi connectivity index (χ3v) is 2.60. The number of rotatable bonds is 7. The van der Waals surface area contributed by atoms with Crippen molar-refractivity contribution in [2.75, 3.05) is 31.2 Å². The molecule has 3 nitrogen and oxygen atoms in total. The Kier molecular flexibility index (Phi) is 5.90. The van der Waals surface area contributed by atoms with Crippen LogP contribution in [0.15, 0.2) is 24.3 Å². The molecule has 1 aromatic carbocycles. The highest BCUT2D eigenvalue weighted by Gasteiger charge is 2.04. The second-order valence-corrected chi connectivity index (χ2v) is 3.65. The van der Waals surface area contributed by atoms with Crippen molar-refractivity contribution in [2.45, 2.75) is 20.4 Å². The van der Waals surface area contributed by atoms with Crippen molar-refractivity contribution in [3.05, 3.63) is 29.8 Å². The predicted molar refractivity (Wildman–Crippen MR) is 68.7 cm³/mol. The van der Waals surface area contributed by atoms with Gasteiger partial charge in [0.15, 0.2) is 0 Å². The normalized spacial score (nSPS) is 10.4. The van der Waals surface area contributed by atoms with Gasteiger partial charge in [-0.3, -0.25) is 0 Å². The summed E-state index contributed by atoms with van der Waals surface area (Å²) in [4.78, 5) is 2.30. The molecule has 0 aliphatic carbocycles. The molecular weight excluding hydrogens is 200 g/mol. The van der Waals surface area contributed by atoms with Crippen LogP contribution in [-0.4, -0.2) is 26.3 Å². The number of benzene rings is 1. The van der Waals surface area contributed by atoms with Crippen LogP contribution in [0.5, 0.6) is 0 Å². The minimum Gasteiger partial charge on any atom is -0.380 e. The number of nitrogens with two attached hydrogens (primary N) is 1. The summed E-state index contributed by atoms with van der Waals surface area (Å²) in [5, 5.41) is 0. The Morgan fingerprint density at radius 2 is 2.12 bits per heavy atom. The molecule has 1 rings (SSSR count). The molecule has 2 N–H and O–H groups in total. The van der Waals surface area contributed by atoms with Crippen LogP contribution in [0.3, 0.4) is 0 Å². The Morgan fingerprint density at radius 1 is 1.31 bits per heavy atom. The predicted octanol–water partition coefficient (Wildman–Crippen LogP) is 2.01. The molecule has 16 heavy (non-hydrogen) atoms. The fourth-order valence-corrected chi connectivity index (χ4v) is 1.67. The molecule has 0 unspecified atom stereocenters. The Hall–Kier alpha value is -1.06. The first-order valence-corrected chi connectivity index (χ1v) is 5.93.